The van der Waals surface area contributed by atoms with E-state index in [2.05, 4.69) is 134 Å². The number of furan rings is 1. The summed E-state index contributed by atoms with van der Waals surface area (Å²) in [6.45, 7) is 4.37. The average Bonchev–Trinajstić information content (AvgIpc) is 3.32. The first kappa shape index (κ1) is 22.4. The van der Waals surface area contributed by atoms with Crippen LogP contribution < -0.4 is 4.90 Å². The normalized spacial score (nSPS) is 11.4. The minimum atomic E-state index is 0.890. The van der Waals surface area contributed by atoms with Gasteiger partial charge in [-0.1, -0.05) is 78.9 Å². The molecule has 0 saturated carbocycles. The number of anilines is 3. The molecule has 0 spiro atoms. The molecule has 7 rings (SSSR count). The molecule has 2 heteroatoms. The van der Waals surface area contributed by atoms with Crippen molar-refractivity contribution in [2.24, 2.45) is 0 Å². The summed E-state index contributed by atoms with van der Waals surface area (Å²) >= 11 is 0. The first-order chi connectivity index (χ1) is 18.7. The van der Waals surface area contributed by atoms with Crippen molar-refractivity contribution in [1.82, 2.24) is 0 Å². The fraction of sp³-hybridized carbons (Fsp3) is 0.0556. The number of rotatable bonds is 4. The summed E-state index contributed by atoms with van der Waals surface area (Å²) in [6.07, 6.45) is 0. The van der Waals surface area contributed by atoms with E-state index in [0.29, 0.717) is 0 Å². The fourth-order valence-corrected chi connectivity index (χ4v) is 5.53. The second-order valence-corrected chi connectivity index (χ2v) is 9.96. The molecule has 38 heavy (non-hydrogen) atoms. The van der Waals surface area contributed by atoms with Gasteiger partial charge < -0.3 is 9.32 Å². The van der Waals surface area contributed by atoms with Crippen molar-refractivity contribution < 1.29 is 4.42 Å². The number of aryl methyl sites for hydroxylation is 2. The maximum Gasteiger partial charge on any atom is 0.137 e. The van der Waals surface area contributed by atoms with Crippen molar-refractivity contribution in [3.63, 3.8) is 0 Å². The Morgan fingerprint density at radius 2 is 1.08 bits per heavy atom. The lowest BCUT2D eigenvalue weighted by atomic mass is 9.95. The van der Waals surface area contributed by atoms with Crippen LogP contribution >= 0.6 is 0 Å². The smallest absolute Gasteiger partial charge is 0.137 e. The molecule has 0 N–H and O–H groups in total. The molecule has 1 heterocycles. The lowest BCUT2D eigenvalue weighted by molar-refractivity contribution is 0.669. The Bertz CT molecular complexity index is 1960. The van der Waals surface area contributed by atoms with Gasteiger partial charge in [0.2, 0.25) is 0 Å². The van der Waals surface area contributed by atoms with Gasteiger partial charge >= 0.3 is 0 Å². The third kappa shape index (κ3) is 3.74. The molecule has 0 fully saturated rings. The van der Waals surface area contributed by atoms with E-state index < -0.39 is 0 Å². The van der Waals surface area contributed by atoms with Crippen molar-refractivity contribution in [2.45, 2.75) is 13.8 Å². The molecule has 0 unspecified atom stereocenters. The van der Waals surface area contributed by atoms with Crippen molar-refractivity contribution in [1.29, 1.82) is 0 Å². The van der Waals surface area contributed by atoms with Gasteiger partial charge in [-0.2, -0.15) is 0 Å². The first-order valence-corrected chi connectivity index (χ1v) is 13.0. The van der Waals surface area contributed by atoms with Crippen molar-refractivity contribution in [2.75, 3.05) is 4.90 Å². The molecule has 0 aliphatic carbocycles. The van der Waals surface area contributed by atoms with E-state index in [1.807, 2.05) is 12.1 Å². The highest BCUT2D eigenvalue weighted by molar-refractivity contribution is 6.06. The second kappa shape index (κ2) is 8.93. The Morgan fingerprint density at radius 1 is 0.447 bits per heavy atom. The molecule has 0 radical (unpaired) electrons. The molecule has 182 valence electrons. The number of benzene rings is 6. The minimum absolute atomic E-state index is 0.890. The van der Waals surface area contributed by atoms with Crippen LogP contribution in [-0.4, -0.2) is 0 Å². The number of fused-ring (bicyclic) bond motifs is 4. The average molecular weight is 490 g/mol. The van der Waals surface area contributed by atoms with Crippen molar-refractivity contribution in [3.05, 3.63) is 139 Å². The maximum atomic E-state index is 6.29. The summed E-state index contributed by atoms with van der Waals surface area (Å²) in [5.41, 5.74) is 10.1. The SMILES string of the molecule is Cc1ccccc1-c1cc(N(c2ccc3ccccc3c2)c2ccc3c(c2)oc2ccccc23)ccc1C. The van der Waals surface area contributed by atoms with E-state index in [0.717, 1.165) is 39.0 Å². The first-order valence-electron chi connectivity index (χ1n) is 13.0. The molecule has 0 bridgehead atoms. The van der Waals surface area contributed by atoms with Gasteiger partial charge in [-0.05, 0) is 89.3 Å². The van der Waals surface area contributed by atoms with Crippen molar-refractivity contribution in [3.8, 4) is 11.1 Å². The van der Waals surface area contributed by atoms with Crippen molar-refractivity contribution >= 4 is 49.8 Å². The summed E-state index contributed by atoms with van der Waals surface area (Å²) in [6, 6.07) is 45.3. The van der Waals surface area contributed by atoms with E-state index in [1.165, 1.54) is 33.0 Å². The van der Waals surface area contributed by atoms with E-state index >= 15 is 0 Å². The summed E-state index contributed by atoms with van der Waals surface area (Å²) in [4.78, 5) is 2.33. The molecular formula is C36H27NO. The Labute approximate surface area is 222 Å². The number of hydrogen-bond donors (Lipinski definition) is 0. The highest BCUT2D eigenvalue weighted by Gasteiger charge is 2.17. The molecule has 0 atom stereocenters. The lowest BCUT2D eigenvalue weighted by Crippen LogP contribution is -2.10. The van der Waals surface area contributed by atoms with Crippen LogP contribution in [0.25, 0.3) is 43.8 Å². The van der Waals surface area contributed by atoms with Crippen LogP contribution in [0.5, 0.6) is 0 Å². The quantitative estimate of drug-likeness (QED) is 0.244. The molecule has 1 aromatic heterocycles. The molecule has 7 aromatic rings. The molecular weight excluding hydrogens is 462 g/mol. The van der Waals surface area contributed by atoms with Crippen LogP contribution in [0.1, 0.15) is 11.1 Å². The maximum absolute atomic E-state index is 6.29. The van der Waals surface area contributed by atoms with Gasteiger partial charge in [-0.25, -0.2) is 0 Å². The molecule has 0 aliphatic rings. The zero-order valence-corrected chi connectivity index (χ0v) is 21.5. The van der Waals surface area contributed by atoms with Crippen LogP contribution in [0.15, 0.2) is 132 Å². The van der Waals surface area contributed by atoms with Gasteiger partial charge in [0.1, 0.15) is 11.2 Å². The van der Waals surface area contributed by atoms with Crippen LogP contribution in [0.2, 0.25) is 0 Å². The van der Waals surface area contributed by atoms with Gasteiger partial charge in [0.15, 0.2) is 0 Å². The summed E-state index contributed by atoms with van der Waals surface area (Å²) in [5, 5.41) is 4.72. The number of hydrogen-bond acceptors (Lipinski definition) is 2. The molecule has 0 aliphatic heterocycles. The van der Waals surface area contributed by atoms with Crippen LogP contribution in [0, 0.1) is 13.8 Å². The van der Waals surface area contributed by atoms with E-state index in [1.54, 1.807) is 0 Å². The van der Waals surface area contributed by atoms with Gasteiger partial charge in [0, 0.05) is 33.9 Å². The predicted molar refractivity (Wildman–Crippen MR) is 161 cm³/mol. The monoisotopic (exact) mass is 489 g/mol. The lowest BCUT2D eigenvalue weighted by Gasteiger charge is -2.27. The zero-order valence-electron chi connectivity index (χ0n) is 21.5. The molecule has 0 saturated heterocycles. The Kier molecular flexibility index (Phi) is 5.26. The minimum Gasteiger partial charge on any atom is -0.456 e. The van der Waals surface area contributed by atoms with E-state index in [9.17, 15) is 0 Å². The number of para-hydroxylation sites is 1. The van der Waals surface area contributed by atoms with Crippen LogP contribution in [0.4, 0.5) is 17.1 Å². The van der Waals surface area contributed by atoms with E-state index in [4.69, 9.17) is 4.42 Å². The topological polar surface area (TPSA) is 16.4 Å². The largest absolute Gasteiger partial charge is 0.456 e. The Balaban J connectivity index is 1.46. The van der Waals surface area contributed by atoms with Crippen LogP contribution in [0.3, 0.4) is 0 Å². The van der Waals surface area contributed by atoms with Gasteiger partial charge in [-0.15, -0.1) is 0 Å². The summed E-state index contributed by atoms with van der Waals surface area (Å²) < 4.78 is 6.29. The summed E-state index contributed by atoms with van der Waals surface area (Å²) in [5.74, 6) is 0. The van der Waals surface area contributed by atoms with Crippen LogP contribution in [-0.2, 0) is 0 Å². The Hall–Kier alpha value is -4.82. The van der Waals surface area contributed by atoms with E-state index in [-0.39, 0.29) is 0 Å². The number of nitrogens with zero attached hydrogens (tertiary/aromatic N) is 1. The highest BCUT2D eigenvalue weighted by Crippen LogP contribution is 2.41. The molecule has 0 amide bonds. The summed E-state index contributed by atoms with van der Waals surface area (Å²) in [7, 11) is 0. The molecule has 6 aromatic carbocycles. The third-order valence-electron chi connectivity index (χ3n) is 7.53. The second-order valence-electron chi connectivity index (χ2n) is 9.96. The third-order valence-corrected chi connectivity index (χ3v) is 7.53. The Morgan fingerprint density at radius 3 is 1.97 bits per heavy atom. The van der Waals surface area contributed by atoms with Gasteiger partial charge in [0.05, 0.1) is 0 Å². The fourth-order valence-electron chi connectivity index (χ4n) is 5.53. The molecule has 2 nitrogen and oxygen atoms in total. The van der Waals surface area contributed by atoms with Gasteiger partial charge in [0.25, 0.3) is 0 Å². The van der Waals surface area contributed by atoms with Gasteiger partial charge in [-0.3, -0.25) is 0 Å². The standard InChI is InChI=1S/C36H27NO/c1-24-9-3-6-12-31(24)34-22-29(17-15-25(34)2)37(28-18-16-26-10-4-5-11-27(26)21-28)30-19-20-33-32-13-7-8-14-35(32)38-36(33)23-30/h3-23H,1-2H3. The highest BCUT2D eigenvalue weighted by atomic mass is 16.3. The predicted octanol–water partition coefficient (Wildman–Crippen LogP) is 10.5. The zero-order chi connectivity index (χ0) is 25.6.